The molecule has 0 bridgehead atoms. The Morgan fingerprint density at radius 1 is 1.50 bits per heavy atom. The van der Waals surface area contributed by atoms with Crippen LogP contribution in [-0.4, -0.2) is 44.5 Å². The van der Waals surface area contributed by atoms with Gasteiger partial charge in [-0.05, 0) is 19.8 Å². The number of carbonyl (C=O) groups excluding carboxylic acids is 1. The highest BCUT2D eigenvalue weighted by Crippen LogP contribution is 2.30. The molecule has 1 aliphatic carbocycles. The summed E-state index contributed by atoms with van der Waals surface area (Å²) in [4.78, 5) is 31.2. The number of aryl methyl sites for hydroxylation is 1. The van der Waals surface area contributed by atoms with Gasteiger partial charge in [0, 0.05) is 30.9 Å². The Hall–Kier alpha value is -1.73. The Balaban J connectivity index is 1.90. The zero-order chi connectivity index (χ0) is 15.9. The molecular weight excluding hydrogens is 302 g/mol. The molecular formula is C15H19N3O3S. The average Bonchev–Trinajstić information content (AvgIpc) is 3.06. The summed E-state index contributed by atoms with van der Waals surface area (Å²) in [5.41, 5.74) is -0.359. The third-order valence-corrected chi connectivity index (χ3v) is 5.22. The lowest BCUT2D eigenvalue weighted by Crippen LogP contribution is -2.43. The van der Waals surface area contributed by atoms with E-state index in [0.29, 0.717) is 17.8 Å². The van der Waals surface area contributed by atoms with E-state index in [2.05, 4.69) is 4.98 Å². The summed E-state index contributed by atoms with van der Waals surface area (Å²) in [5.74, 6) is -0.391. The van der Waals surface area contributed by atoms with E-state index in [9.17, 15) is 14.7 Å². The first-order valence-corrected chi connectivity index (χ1v) is 8.23. The molecule has 1 saturated carbocycles. The molecule has 0 unspecified atom stereocenters. The SMILES string of the molecule is Cc1csc2ncc(C(=O)N(C)CC3(O)CCCC3)c(=O)n12. The molecule has 0 saturated heterocycles. The van der Waals surface area contributed by atoms with Crippen LogP contribution in [0.5, 0.6) is 0 Å². The Morgan fingerprint density at radius 3 is 2.86 bits per heavy atom. The Bertz CT molecular complexity index is 774. The predicted molar refractivity (Wildman–Crippen MR) is 84.5 cm³/mol. The van der Waals surface area contributed by atoms with Crippen molar-refractivity contribution < 1.29 is 9.90 Å². The van der Waals surface area contributed by atoms with Gasteiger partial charge in [0.25, 0.3) is 11.5 Å². The van der Waals surface area contributed by atoms with Crippen LogP contribution in [0.4, 0.5) is 0 Å². The highest BCUT2D eigenvalue weighted by atomic mass is 32.1. The van der Waals surface area contributed by atoms with Crippen molar-refractivity contribution in [1.29, 1.82) is 0 Å². The summed E-state index contributed by atoms with van der Waals surface area (Å²) < 4.78 is 1.45. The van der Waals surface area contributed by atoms with Gasteiger partial charge < -0.3 is 10.0 Å². The number of carbonyl (C=O) groups is 1. The number of amides is 1. The third kappa shape index (κ3) is 2.55. The number of thiazole rings is 1. The normalized spacial score (nSPS) is 17.0. The molecule has 0 radical (unpaired) electrons. The van der Waals surface area contributed by atoms with Gasteiger partial charge in [0.05, 0.1) is 5.60 Å². The highest BCUT2D eigenvalue weighted by Gasteiger charge is 2.34. The summed E-state index contributed by atoms with van der Waals surface area (Å²) in [6.07, 6.45) is 4.69. The van der Waals surface area contributed by atoms with E-state index in [1.807, 2.05) is 12.3 Å². The van der Waals surface area contributed by atoms with Crippen LogP contribution in [0, 0.1) is 6.92 Å². The minimum Gasteiger partial charge on any atom is -0.388 e. The zero-order valence-electron chi connectivity index (χ0n) is 12.7. The highest BCUT2D eigenvalue weighted by molar-refractivity contribution is 7.15. The van der Waals surface area contributed by atoms with Gasteiger partial charge in [0.15, 0.2) is 4.96 Å². The van der Waals surface area contributed by atoms with Crippen molar-refractivity contribution in [3.8, 4) is 0 Å². The molecule has 1 fully saturated rings. The first-order valence-electron chi connectivity index (χ1n) is 7.35. The Kier molecular flexibility index (Phi) is 3.78. The lowest BCUT2D eigenvalue weighted by Gasteiger charge is -2.28. The van der Waals surface area contributed by atoms with Crippen LogP contribution in [0.1, 0.15) is 41.7 Å². The van der Waals surface area contributed by atoms with Crippen molar-refractivity contribution in [3.63, 3.8) is 0 Å². The number of nitrogens with zero attached hydrogens (tertiary/aromatic N) is 3. The first kappa shape index (κ1) is 15.2. The maximum absolute atomic E-state index is 12.5. The molecule has 1 aliphatic rings. The molecule has 22 heavy (non-hydrogen) atoms. The van der Waals surface area contributed by atoms with Crippen LogP contribution >= 0.6 is 11.3 Å². The second kappa shape index (κ2) is 5.48. The molecule has 6 nitrogen and oxygen atoms in total. The molecule has 0 aromatic carbocycles. The summed E-state index contributed by atoms with van der Waals surface area (Å²) in [5, 5.41) is 12.3. The standard InChI is InChI=1S/C15H19N3O3S/c1-10-8-22-14-16-7-11(13(20)18(10)14)12(19)17(2)9-15(21)5-3-4-6-15/h7-8,21H,3-6,9H2,1-2H3. The second-order valence-electron chi connectivity index (χ2n) is 6.06. The van der Waals surface area contributed by atoms with Crippen molar-refractivity contribution in [2.75, 3.05) is 13.6 Å². The first-order chi connectivity index (χ1) is 10.4. The van der Waals surface area contributed by atoms with E-state index in [4.69, 9.17) is 0 Å². The minimum absolute atomic E-state index is 0.0445. The average molecular weight is 321 g/mol. The minimum atomic E-state index is -0.823. The maximum Gasteiger partial charge on any atom is 0.271 e. The number of likely N-dealkylation sites (N-methyl/N-ethyl adjacent to an activating group) is 1. The van der Waals surface area contributed by atoms with Gasteiger partial charge in [0.1, 0.15) is 5.56 Å². The number of aliphatic hydroxyl groups is 1. The Morgan fingerprint density at radius 2 is 2.18 bits per heavy atom. The van der Waals surface area contributed by atoms with E-state index in [1.54, 1.807) is 7.05 Å². The van der Waals surface area contributed by atoms with Crippen molar-refractivity contribution >= 4 is 22.2 Å². The third-order valence-electron chi connectivity index (χ3n) is 4.26. The molecule has 2 aromatic rings. The number of rotatable bonds is 3. The van der Waals surface area contributed by atoms with Crippen LogP contribution < -0.4 is 5.56 Å². The molecule has 0 spiro atoms. The van der Waals surface area contributed by atoms with Gasteiger partial charge in [0.2, 0.25) is 0 Å². The number of hydrogen-bond acceptors (Lipinski definition) is 5. The molecule has 0 atom stereocenters. The van der Waals surface area contributed by atoms with Gasteiger partial charge >= 0.3 is 0 Å². The fourth-order valence-electron chi connectivity index (χ4n) is 3.08. The molecule has 3 rings (SSSR count). The Labute approximate surface area is 132 Å². The van der Waals surface area contributed by atoms with Crippen molar-refractivity contribution in [1.82, 2.24) is 14.3 Å². The van der Waals surface area contributed by atoms with E-state index < -0.39 is 11.5 Å². The molecule has 0 aliphatic heterocycles. The molecule has 118 valence electrons. The zero-order valence-corrected chi connectivity index (χ0v) is 13.5. The number of fused-ring (bicyclic) bond motifs is 1. The summed E-state index contributed by atoms with van der Waals surface area (Å²) in [7, 11) is 1.62. The van der Waals surface area contributed by atoms with E-state index in [0.717, 1.165) is 18.5 Å². The van der Waals surface area contributed by atoms with E-state index in [1.165, 1.54) is 26.8 Å². The van der Waals surface area contributed by atoms with Crippen LogP contribution in [-0.2, 0) is 0 Å². The van der Waals surface area contributed by atoms with Crippen molar-refractivity contribution in [2.24, 2.45) is 0 Å². The van der Waals surface area contributed by atoms with Crippen LogP contribution in [0.25, 0.3) is 4.96 Å². The lowest BCUT2D eigenvalue weighted by atomic mass is 10.0. The molecule has 1 amide bonds. The monoisotopic (exact) mass is 321 g/mol. The van der Waals surface area contributed by atoms with Crippen LogP contribution in [0.2, 0.25) is 0 Å². The maximum atomic E-state index is 12.5. The molecule has 2 heterocycles. The quantitative estimate of drug-likeness (QED) is 0.928. The molecule has 2 aromatic heterocycles. The van der Waals surface area contributed by atoms with Gasteiger partial charge in [-0.1, -0.05) is 12.8 Å². The molecule has 7 heteroatoms. The summed E-state index contributed by atoms with van der Waals surface area (Å²) in [6.45, 7) is 2.06. The summed E-state index contributed by atoms with van der Waals surface area (Å²) >= 11 is 1.37. The lowest BCUT2D eigenvalue weighted by molar-refractivity contribution is 0.0156. The van der Waals surface area contributed by atoms with Gasteiger partial charge in [-0.15, -0.1) is 11.3 Å². The fourth-order valence-corrected chi connectivity index (χ4v) is 3.91. The second-order valence-corrected chi connectivity index (χ2v) is 6.90. The molecule has 1 N–H and O–H groups in total. The topological polar surface area (TPSA) is 74.9 Å². The fraction of sp³-hybridized carbons (Fsp3) is 0.533. The van der Waals surface area contributed by atoms with E-state index >= 15 is 0 Å². The van der Waals surface area contributed by atoms with Crippen molar-refractivity contribution in [2.45, 2.75) is 38.2 Å². The van der Waals surface area contributed by atoms with Gasteiger partial charge in [-0.25, -0.2) is 4.98 Å². The van der Waals surface area contributed by atoms with E-state index in [-0.39, 0.29) is 17.7 Å². The number of aromatic nitrogens is 2. The largest absolute Gasteiger partial charge is 0.388 e. The number of hydrogen-bond donors (Lipinski definition) is 1. The smallest absolute Gasteiger partial charge is 0.271 e. The van der Waals surface area contributed by atoms with Crippen molar-refractivity contribution in [3.05, 3.63) is 33.2 Å². The summed E-state index contributed by atoms with van der Waals surface area (Å²) in [6, 6.07) is 0. The predicted octanol–water partition coefficient (Wildman–Crippen LogP) is 1.44. The van der Waals surface area contributed by atoms with Gasteiger partial charge in [-0.3, -0.25) is 14.0 Å². The van der Waals surface area contributed by atoms with Crippen LogP contribution in [0.3, 0.4) is 0 Å². The van der Waals surface area contributed by atoms with Crippen LogP contribution in [0.15, 0.2) is 16.4 Å². The van der Waals surface area contributed by atoms with Gasteiger partial charge in [-0.2, -0.15) is 0 Å².